The van der Waals surface area contributed by atoms with Gasteiger partial charge < -0.3 is 24.0 Å². The lowest BCUT2D eigenvalue weighted by Crippen LogP contribution is -2.48. The molecule has 164 valence electrons. The molecule has 4 rings (SSSR count). The van der Waals surface area contributed by atoms with Crippen molar-refractivity contribution in [2.75, 3.05) is 52.4 Å². The number of methoxy groups -OCH3 is 3. The van der Waals surface area contributed by atoms with E-state index in [0.717, 1.165) is 49.4 Å². The predicted octanol–water partition coefficient (Wildman–Crippen LogP) is 2.35. The Morgan fingerprint density at radius 1 is 0.935 bits per heavy atom. The third-order valence-electron chi connectivity index (χ3n) is 5.83. The van der Waals surface area contributed by atoms with Crippen LogP contribution in [0.5, 0.6) is 17.2 Å². The molecule has 1 aliphatic heterocycles. The zero-order valence-corrected chi connectivity index (χ0v) is 18.3. The highest BCUT2D eigenvalue weighted by Gasteiger charge is 2.22. The normalized spacial score (nSPS) is 15.8. The van der Waals surface area contributed by atoms with Crippen molar-refractivity contribution >= 4 is 17.8 Å². The van der Waals surface area contributed by atoms with Crippen molar-refractivity contribution in [1.82, 2.24) is 15.1 Å². The fourth-order valence-electron chi connectivity index (χ4n) is 4.10. The average Bonchev–Trinajstić information content (AvgIpc) is 3.29. The molecule has 0 radical (unpaired) electrons. The van der Waals surface area contributed by atoms with Crippen LogP contribution in [0, 0.1) is 0 Å². The molecule has 1 aromatic carbocycles. The van der Waals surface area contributed by atoms with E-state index in [0.29, 0.717) is 30.3 Å². The van der Waals surface area contributed by atoms with Gasteiger partial charge in [-0.2, -0.15) is 5.10 Å². The van der Waals surface area contributed by atoms with Gasteiger partial charge in [-0.25, -0.2) is 0 Å². The van der Waals surface area contributed by atoms with Crippen LogP contribution in [0.15, 0.2) is 24.3 Å². The number of carbonyl (C=O) groups is 1. The van der Waals surface area contributed by atoms with Gasteiger partial charge in [0.15, 0.2) is 17.3 Å². The molecule has 0 spiro atoms. The van der Waals surface area contributed by atoms with Crippen LogP contribution in [0.1, 0.15) is 23.2 Å². The molecule has 0 saturated carbocycles. The van der Waals surface area contributed by atoms with E-state index in [-0.39, 0.29) is 5.91 Å². The molecule has 0 atom stereocenters. The van der Waals surface area contributed by atoms with Gasteiger partial charge in [0.2, 0.25) is 11.7 Å². The Labute approximate surface area is 182 Å². The van der Waals surface area contributed by atoms with Crippen LogP contribution in [0.25, 0.3) is 6.08 Å². The standard InChI is InChI=1S/C23H28N4O4/c1-29-19-13-16(14-20(30-2)23(19)31-3)7-8-22(28)27-11-9-26(10-12-27)21-15-17-5-4-6-18(17)24-25-21/h7-8,13-15H,4-6,9-12H2,1-3H3/b8-7+. The van der Waals surface area contributed by atoms with Crippen LogP contribution in [0.3, 0.4) is 0 Å². The average molecular weight is 425 g/mol. The summed E-state index contributed by atoms with van der Waals surface area (Å²) in [5.74, 6) is 2.53. The molecule has 8 heteroatoms. The Kier molecular flexibility index (Phi) is 6.25. The number of anilines is 1. The number of aromatic nitrogens is 2. The van der Waals surface area contributed by atoms with E-state index in [1.54, 1.807) is 33.5 Å². The molecule has 1 fully saturated rings. The summed E-state index contributed by atoms with van der Waals surface area (Å²) < 4.78 is 16.1. The number of carbonyl (C=O) groups excluding carboxylic acids is 1. The molecular weight excluding hydrogens is 396 g/mol. The minimum atomic E-state index is -0.0200. The van der Waals surface area contributed by atoms with Gasteiger partial charge in [0, 0.05) is 32.3 Å². The van der Waals surface area contributed by atoms with Crippen LogP contribution in [0.2, 0.25) is 0 Å². The topological polar surface area (TPSA) is 77.0 Å². The van der Waals surface area contributed by atoms with Crippen molar-refractivity contribution in [3.05, 3.63) is 41.1 Å². The van der Waals surface area contributed by atoms with Gasteiger partial charge >= 0.3 is 0 Å². The molecule has 2 heterocycles. The van der Waals surface area contributed by atoms with E-state index in [9.17, 15) is 4.79 Å². The minimum Gasteiger partial charge on any atom is -0.493 e. The van der Waals surface area contributed by atoms with Gasteiger partial charge in [0.25, 0.3) is 0 Å². The summed E-state index contributed by atoms with van der Waals surface area (Å²) in [6.45, 7) is 2.79. The van der Waals surface area contributed by atoms with E-state index in [1.807, 2.05) is 17.0 Å². The summed E-state index contributed by atoms with van der Waals surface area (Å²) in [4.78, 5) is 16.8. The monoisotopic (exact) mass is 424 g/mol. The molecule has 0 unspecified atom stereocenters. The molecule has 1 aliphatic carbocycles. The third-order valence-corrected chi connectivity index (χ3v) is 5.83. The van der Waals surface area contributed by atoms with E-state index < -0.39 is 0 Å². The quantitative estimate of drug-likeness (QED) is 0.659. The van der Waals surface area contributed by atoms with Crippen molar-refractivity contribution in [3.63, 3.8) is 0 Å². The lowest BCUT2D eigenvalue weighted by Gasteiger charge is -2.34. The second-order valence-electron chi connectivity index (χ2n) is 7.63. The van der Waals surface area contributed by atoms with Crippen molar-refractivity contribution in [3.8, 4) is 17.2 Å². The second kappa shape index (κ2) is 9.24. The van der Waals surface area contributed by atoms with Gasteiger partial charge in [-0.3, -0.25) is 4.79 Å². The Morgan fingerprint density at radius 3 is 2.29 bits per heavy atom. The Morgan fingerprint density at radius 2 is 1.65 bits per heavy atom. The van der Waals surface area contributed by atoms with Gasteiger partial charge in [-0.05, 0) is 54.7 Å². The molecule has 31 heavy (non-hydrogen) atoms. The smallest absolute Gasteiger partial charge is 0.246 e. The number of nitrogens with zero attached hydrogens (tertiary/aromatic N) is 4. The van der Waals surface area contributed by atoms with Crippen LogP contribution < -0.4 is 19.1 Å². The minimum absolute atomic E-state index is 0.0200. The molecule has 0 N–H and O–H groups in total. The maximum absolute atomic E-state index is 12.7. The number of benzene rings is 1. The third kappa shape index (κ3) is 4.42. The fourth-order valence-corrected chi connectivity index (χ4v) is 4.10. The lowest BCUT2D eigenvalue weighted by molar-refractivity contribution is -0.126. The van der Waals surface area contributed by atoms with E-state index >= 15 is 0 Å². The van der Waals surface area contributed by atoms with Crippen molar-refractivity contribution < 1.29 is 19.0 Å². The van der Waals surface area contributed by atoms with Gasteiger partial charge in [0.05, 0.1) is 27.0 Å². The number of ether oxygens (including phenoxy) is 3. The van der Waals surface area contributed by atoms with Crippen LogP contribution in [-0.2, 0) is 17.6 Å². The molecule has 1 aromatic heterocycles. The zero-order chi connectivity index (χ0) is 21.8. The van der Waals surface area contributed by atoms with Crippen LogP contribution in [0.4, 0.5) is 5.82 Å². The number of piperazine rings is 1. The molecule has 2 aromatic rings. The summed E-state index contributed by atoms with van der Waals surface area (Å²) in [5.41, 5.74) is 3.25. The Hall–Kier alpha value is -3.29. The number of hydrogen-bond donors (Lipinski definition) is 0. The highest BCUT2D eigenvalue weighted by atomic mass is 16.5. The molecule has 1 amide bonds. The zero-order valence-electron chi connectivity index (χ0n) is 18.3. The molecule has 8 nitrogen and oxygen atoms in total. The summed E-state index contributed by atoms with van der Waals surface area (Å²) >= 11 is 0. The van der Waals surface area contributed by atoms with E-state index in [4.69, 9.17) is 14.2 Å². The largest absolute Gasteiger partial charge is 0.493 e. The first-order valence-corrected chi connectivity index (χ1v) is 10.5. The Bertz CT molecular complexity index is 959. The fraction of sp³-hybridized carbons (Fsp3) is 0.435. The van der Waals surface area contributed by atoms with Crippen molar-refractivity contribution in [1.29, 1.82) is 0 Å². The second-order valence-corrected chi connectivity index (χ2v) is 7.63. The summed E-state index contributed by atoms with van der Waals surface area (Å²) in [6, 6.07) is 5.79. The first-order chi connectivity index (χ1) is 15.1. The van der Waals surface area contributed by atoms with Gasteiger partial charge in [-0.1, -0.05) is 0 Å². The van der Waals surface area contributed by atoms with Crippen molar-refractivity contribution in [2.24, 2.45) is 0 Å². The lowest BCUT2D eigenvalue weighted by atomic mass is 10.1. The molecular formula is C23H28N4O4. The number of aryl methyl sites for hydroxylation is 2. The van der Waals surface area contributed by atoms with E-state index in [2.05, 4.69) is 21.2 Å². The summed E-state index contributed by atoms with van der Waals surface area (Å²) in [7, 11) is 4.70. The maximum atomic E-state index is 12.7. The first-order valence-electron chi connectivity index (χ1n) is 10.5. The number of fused-ring (bicyclic) bond motifs is 1. The highest BCUT2D eigenvalue weighted by Crippen LogP contribution is 2.38. The van der Waals surface area contributed by atoms with Gasteiger partial charge in [-0.15, -0.1) is 5.10 Å². The SMILES string of the molecule is COc1cc(/C=C/C(=O)N2CCN(c3cc4c(nn3)CCC4)CC2)cc(OC)c1OC. The molecule has 1 saturated heterocycles. The maximum Gasteiger partial charge on any atom is 0.246 e. The van der Waals surface area contributed by atoms with E-state index in [1.165, 1.54) is 5.56 Å². The number of amides is 1. The number of rotatable bonds is 6. The predicted molar refractivity (Wildman–Crippen MR) is 118 cm³/mol. The first kappa shape index (κ1) is 21.0. The molecule has 2 aliphatic rings. The van der Waals surface area contributed by atoms with Crippen LogP contribution >= 0.6 is 0 Å². The Balaban J connectivity index is 1.38. The summed E-state index contributed by atoms with van der Waals surface area (Å²) in [6.07, 6.45) is 6.63. The summed E-state index contributed by atoms with van der Waals surface area (Å²) in [5, 5.41) is 8.77. The number of hydrogen-bond acceptors (Lipinski definition) is 7. The van der Waals surface area contributed by atoms with Gasteiger partial charge in [0.1, 0.15) is 0 Å². The highest BCUT2D eigenvalue weighted by molar-refractivity contribution is 5.92. The van der Waals surface area contributed by atoms with Crippen LogP contribution in [-0.4, -0.2) is 68.5 Å². The molecule has 0 bridgehead atoms. The van der Waals surface area contributed by atoms with Crippen molar-refractivity contribution in [2.45, 2.75) is 19.3 Å².